The third-order valence-corrected chi connectivity index (χ3v) is 4.57. The Balaban J connectivity index is 2.38. The molecular formula is C9H14N4S2. The van der Waals surface area contributed by atoms with E-state index in [9.17, 15) is 0 Å². The molecule has 1 aliphatic heterocycles. The molecule has 0 aliphatic carbocycles. The van der Waals surface area contributed by atoms with Crippen LogP contribution in [-0.4, -0.2) is 27.0 Å². The average Bonchev–Trinajstić information content (AvgIpc) is 2.65. The molecule has 0 bridgehead atoms. The van der Waals surface area contributed by atoms with Crippen LogP contribution >= 0.6 is 23.5 Å². The summed E-state index contributed by atoms with van der Waals surface area (Å²) in [4.78, 5) is 12.8. The number of hydrogen-bond donors (Lipinski definition) is 1. The summed E-state index contributed by atoms with van der Waals surface area (Å²) in [5, 5.41) is 0.714. The van der Waals surface area contributed by atoms with E-state index in [-0.39, 0.29) is 4.75 Å². The second-order valence-electron chi connectivity index (χ2n) is 3.69. The molecule has 1 aliphatic rings. The molecule has 1 fully saturated rings. The predicted octanol–water partition coefficient (Wildman–Crippen LogP) is 1.92. The van der Waals surface area contributed by atoms with Gasteiger partial charge < -0.3 is 5.73 Å². The Labute approximate surface area is 97.9 Å². The van der Waals surface area contributed by atoms with Gasteiger partial charge >= 0.3 is 0 Å². The number of rotatable bonds is 2. The Kier molecular flexibility index (Phi) is 3.06. The number of nitrogens with two attached hydrogens (primary N) is 1. The van der Waals surface area contributed by atoms with Gasteiger partial charge in [0.25, 0.3) is 0 Å². The van der Waals surface area contributed by atoms with Gasteiger partial charge in [-0.15, -0.1) is 11.8 Å². The molecule has 4 nitrogen and oxygen atoms in total. The highest BCUT2D eigenvalue weighted by Crippen LogP contribution is 2.44. The number of nitrogen functional groups attached to an aromatic ring is 1. The van der Waals surface area contributed by atoms with E-state index >= 15 is 0 Å². The fraction of sp³-hybridized carbons (Fsp3) is 0.667. The Morgan fingerprint density at radius 3 is 2.80 bits per heavy atom. The van der Waals surface area contributed by atoms with Crippen molar-refractivity contribution in [3.63, 3.8) is 0 Å². The summed E-state index contributed by atoms with van der Waals surface area (Å²) in [6, 6.07) is 0. The van der Waals surface area contributed by atoms with Gasteiger partial charge in [0.1, 0.15) is 0 Å². The average molecular weight is 242 g/mol. The minimum absolute atomic E-state index is 0.0293. The highest BCUT2D eigenvalue weighted by atomic mass is 32.2. The summed E-state index contributed by atoms with van der Waals surface area (Å²) in [5.74, 6) is 2.34. The Morgan fingerprint density at radius 2 is 2.20 bits per heavy atom. The summed E-state index contributed by atoms with van der Waals surface area (Å²) in [5.41, 5.74) is 5.68. The van der Waals surface area contributed by atoms with Crippen molar-refractivity contribution in [3.05, 3.63) is 5.82 Å². The molecule has 1 atom stereocenters. The lowest BCUT2D eigenvalue weighted by Gasteiger charge is -2.20. The molecule has 1 aromatic rings. The van der Waals surface area contributed by atoms with E-state index in [2.05, 4.69) is 21.9 Å². The molecule has 6 heteroatoms. The first-order chi connectivity index (χ1) is 7.14. The fourth-order valence-electron chi connectivity index (χ4n) is 1.66. The maximum Gasteiger partial charge on any atom is 0.224 e. The third kappa shape index (κ3) is 2.20. The van der Waals surface area contributed by atoms with Crippen LogP contribution in [0.4, 0.5) is 5.95 Å². The number of aromatic nitrogens is 3. The highest BCUT2D eigenvalue weighted by Gasteiger charge is 2.34. The van der Waals surface area contributed by atoms with Gasteiger partial charge in [-0.3, -0.25) is 0 Å². The van der Waals surface area contributed by atoms with Gasteiger partial charge in [0.15, 0.2) is 11.0 Å². The maximum absolute atomic E-state index is 5.68. The van der Waals surface area contributed by atoms with Crippen LogP contribution in [0.5, 0.6) is 0 Å². The van der Waals surface area contributed by atoms with Crippen LogP contribution in [0.15, 0.2) is 5.16 Å². The molecule has 0 saturated carbocycles. The predicted molar refractivity (Wildman–Crippen MR) is 65.1 cm³/mol. The molecule has 0 spiro atoms. The van der Waals surface area contributed by atoms with Crippen LogP contribution in [0.25, 0.3) is 0 Å². The molecule has 0 radical (unpaired) electrons. The van der Waals surface area contributed by atoms with Gasteiger partial charge in [0.05, 0.1) is 4.75 Å². The summed E-state index contributed by atoms with van der Waals surface area (Å²) < 4.78 is 0.0293. The van der Waals surface area contributed by atoms with Crippen molar-refractivity contribution >= 4 is 29.5 Å². The number of anilines is 1. The van der Waals surface area contributed by atoms with Crippen molar-refractivity contribution in [2.24, 2.45) is 0 Å². The summed E-state index contributed by atoms with van der Waals surface area (Å²) >= 11 is 3.41. The van der Waals surface area contributed by atoms with E-state index in [1.165, 1.54) is 23.9 Å². The lowest BCUT2D eigenvalue weighted by atomic mass is 10.1. The molecule has 2 rings (SSSR count). The Bertz CT molecular complexity index is 363. The summed E-state index contributed by atoms with van der Waals surface area (Å²) in [6.07, 6.45) is 4.29. The number of hydrogen-bond acceptors (Lipinski definition) is 6. The lowest BCUT2D eigenvalue weighted by Crippen LogP contribution is -2.19. The Morgan fingerprint density at radius 1 is 1.40 bits per heavy atom. The van der Waals surface area contributed by atoms with Gasteiger partial charge in [-0.05, 0) is 31.8 Å². The Hall–Kier alpha value is -0.490. The van der Waals surface area contributed by atoms with Gasteiger partial charge in [0.2, 0.25) is 5.95 Å². The maximum atomic E-state index is 5.68. The van der Waals surface area contributed by atoms with E-state index < -0.39 is 0 Å². The van der Waals surface area contributed by atoms with E-state index in [4.69, 9.17) is 5.73 Å². The van der Waals surface area contributed by atoms with Gasteiger partial charge in [-0.1, -0.05) is 11.8 Å². The van der Waals surface area contributed by atoms with E-state index in [0.717, 1.165) is 12.2 Å². The smallest absolute Gasteiger partial charge is 0.224 e. The van der Waals surface area contributed by atoms with Crippen molar-refractivity contribution in [1.82, 2.24) is 15.0 Å². The molecule has 1 aromatic heterocycles. The first-order valence-corrected chi connectivity index (χ1v) is 7.05. The van der Waals surface area contributed by atoms with Crippen molar-refractivity contribution in [1.29, 1.82) is 0 Å². The van der Waals surface area contributed by atoms with Crippen LogP contribution in [0.2, 0.25) is 0 Å². The number of nitrogens with zero attached hydrogens (tertiary/aromatic N) is 3. The zero-order valence-corrected chi connectivity index (χ0v) is 10.5. The van der Waals surface area contributed by atoms with Crippen molar-refractivity contribution in [2.75, 3.05) is 17.7 Å². The zero-order valence-electron chi connectivity index (χ0n) is 8.86. The first-order valence-electron chi connectivity index (χ1n) is 4.84. The normalized spacial score (nSPS) is 25.7. The van der Waals surface area contributed by atoms with Gasteiger partial charge in [0, 0.05) is 0 Å². The zero-order chi connectivity index (χ0) is 10.9. The largest absolute Gasteiger partial charge is 0.368 e. The van der Waals surface area contributed by atoms with Crippen molar-refractivity contribution < 1.29 is 0 Å². The van der Waals surface area contributed by atoms with E-state index in [1.807, 2.05) is 18.0 Å². The quantitative estimate of drug-likeness (QED) is 0.799. The topological polar surface area (TPSA) is 64.7 Å². The SMILES string of the molecule is CSc1nc(N)nc(C2(C)CCCS2)n1. The molecular weight excluding hydrogens is 228 g/mol. The van der Waals surface area contributed by atoms with Crippen LogP contribution in [-0.2, 0) is 4.75 Å². The van der Waals surface area contributed by atoms with Gasteiger partial charge in [-0.2, -0.15) is 9.97 Å². The minimum atomic E-state index is 0.0293. The molecule has 82 valence electrons. The molecule has 2 heterocycles. The summed E-state index contributed by atoms with van der Waals surface area (Å²) in [7, 11) is 0. The summed E-state index contributed by atoms with van der Waals surface area (Å²) in [6.45, 7) is 2.18. The molecule has 0 amide bonds. The van der Waals surface area contributed by atoms with Crippen LogP contribution in [0, 0.1) is 0 Å². The monoisotopic (exact) mass is 242 g/mol. The molecule has 0 aromatic carbocycles. The second kappa shape index (κ2) is 4.17. The molecule has 1 unspecified atom stereocenters. The van der Waals surface area contributed by atoms with E-state index in [1.54, 1.807) is 0 Å². The lowest BCUT2D eigenvalue weighted by molar-refractivity contribution is 0.590. The van der Waals surface area contributed by atoms with Gasteiger partial charge in [-0.25, -0.2) is 4.98 Å². The first kappa shape index (κ1) is 11.0. The highest BCUT2D eigenvalue weighted by molar-refractivity contribution is 8.00. The standard InChI is InChI=1S/C9H14N4S2/c1-9(4-3-5-15-9)6-11-7(10)13-8(12-6)14-2/h3-5H2,1-2H3,(H2,10,11,12,13). The van der Waals surface area contributed by atoms with E-state index in [0.29, 0.717) is 11.1 Å². The molecule has 15 heavy (non-hydrogen) atoms. The fourth-order valence-corrected chi connectivity index (χ4v) is 3.27. The second-order valence-corrected chi connectivity index (χ2v) is 6.06. The van der Waals surface area contributed by atoms with Crippen LogP contribution in [0.3, 0.4) is 0 Å². The molecule has 1 saturated heterocycles. The van der Waals surface area contributed by atoms with Crippen molar-refractivity contribution in [3.8, 4) is 0 Å². The minimum Gasteiger partial charge on any atom is -0.368 e. The molecule has 2 N–H and O–H groups in total. The van der Waals surface area contributed by atoms with Crippen LogP contribution in [0.1, 0.15) is 25.6 Å². The van der Waals surface area contributed by atoms with Crippen LogP contribution < -0.4 is 5.73 Å². The third-order valence-electron chi connectivity index (χ3n) is 2.51. The number of thioether (sulfide) groups is 2. The van der Waals surface area contributed by atoms with Crippen molar-refractivity contribution in [2.45, 2.75) is 29.7 Å².